The van der Waals surface area contributed by atoms with E-state index >= 15 is 0 Å². The number of hydrogen-bond donors (Lipinski definition) is 0. The largest absolute Gasteiger partial charge is 0.488 e. The van der Waals surface area contributed by atoms with Gasteiger partial charge < -0.3 is 4.74 Å². The van der Waals surface area contributed by atoms with Crippen LogP contribution in [-0.4, -0.2) is 6.61 Å². The van der Waals surface area contributed by atoms with Gasteiger partial charge in [-0.1, -0.05) is 43.9 Å². The number of rotatable bonds is 8. The Morgan fingerprint density at radius 1 is 0.875 bits per heavy atom. The molecule has 0 radical (unpaired) electrons. The SMILES string of the molecule is CCCCCCOc1c(F)cc(/N=N/c2ccc(C)cc2)cc1F. The third-order valence-corrected chi connectivity index (χ3v) is 3.54. The predicted molar refractivity (Wildman–Crippen MR) is 91.4 cm³/mol. The molecule has 3 nitrogen and oxygen atoms in total. The number of nitrogens with zero attached hydrogens (tertiary/aromatic N) is 2. The fraction of sp³-hybridized carbons (Fsp3) is 0.368. The van der Waals surface area contributed by atoms with Crippen LogP contribution in [0.15, 0.2) is 46.6 Å². The highest BCUT2D eigenvalue weighted by Crippen LogP contribution is 2.28. The van der Waals surface area contributed by atoms with Crippen LogP contribution in [-0.2, 0) is 0 Å². The Morgan fingerprint density at radius 3 is 2.12 bits per heavy atom. The normalized spacial score (nSPS) is 11.2. The van der Waals surface area contributed by atoms with E-state index in [-0.39, 0.29) is 11.4 Å². The van der Waals surface area contributed by atoms with Crippen LogP contribution in [0.25, 0.3) is 0 Å². The average molecular weight is 332 g/mol. The number of benzene rings is 2. The molecule has 2 aromatic rings. The van der Waals surface area contributed by atoms with E-state index in [1.165, 1.54) is 0 Å². The van der Waals surface area contributed by atoms with E-state index in [1.54, 1.807) is 12.1 Å². The number of aryl methyl sites for hydroxylation is 1. The molecule has 0 aliphatic heterocycles. The van der Waals surface area contributed by atoms with Gasteiger partial charge in [0.15, 0.2) is 17.4 Å². The summed E-state index contributed by atoms with van der Waals surface area (Å²) in [5, 5.41) is 7.86. The van der Waals surface area contributed by atoms with Crippen molar-refractivity contribution in [2.45, 2.75) is 39.5 Å². The van der Waals surface area contributed by atoms with E-state index in [0.29, 0.717) is 12.3 Å². The first-order valence-electron chi connectivity index (χ1n) is 8.20. The second-order valence-corrected chi connectivity index (χ2v) is 5.68. The molecule has 2 rings (SSSR count). The van der Waals surface area contributed by atoms with E-state index in [2.05, 4.69) is 17.2 Å². The molecule has 0 aliphatic carbocycles. The zero-order valence-corrected chi connectivity index (χ0v) is 14.1. The molecule has 2 aromatic carbocycles. The van der Waals surface area contributed by atoms with Gasteiger partial charge in [-0.2, -0.15) is 10.2 Å². The molecule has 0 amide bonds. The van der Waals surface area contributed by atoms with Gasteiger partial charge in [0.2, 0.25) is 0 Å². The molecule has 0 heterocycles. The molecule has 0 fully saturated rings. The Morgan fingerprint density at radius 2 is 1.50 bits per heavy atom. The highest BCUT2D eigenvalue weighted by atomic mass is 19.1. The van der Waals surface area contributed by atoms with Gasteiger partial charge in [0.1, 0.15) is 0 Å². The van der Waals surface area contributed by atoms with Gasteiger partial charge in [0.05, 0.1) is 18.0 Å². The number of halogens is 2. The third-order valence-electron chi connectivity index (χ3n) is 3.54. The summed E-state index contributed by atoms with van der Waals surface area (Å²) in [6, 6.07) is 9.62. The van der Waals surface area contributed by atoms with Crippen molar-refractivity contribution < 1.29 is 13.5 Å². The van der Waals surface area contributed by atoms with Crippen molar-refractivity contribution in [1.82, 2.24) is 0 Å². The smallest absolute Gasteiger partial charge is 0.190 e. The summed E-state index contributed by atoms with van der Waals surface area (Å²) in [4.78, 5) is 0. The van der Waals surface area contributed by atoms with Crippen LogP contribution in [0.3, 0.4) is 0 Å². The third kappa shape index (κ3) is 5.41. The lowest BCUT2D eigenvalue weighted by atomic mass is 10.2. The Bertz CT molecular complexity index is 661. The number of azo groups is 1. The topological polar surface area (TPSA) is 34.0 Å². The summed E-state index contributed by atoms with van der Waals surface area (Å²) in [6.07, 6.45) is 3.96. The van der Waals surface area contributed by atoms with Gasteiger partial charge in [-0.05, 0) is 25.5 Å². The molecule has 0 N–H and O–H groups in total. The van der Waals surface area contributed by atoms with Crippen molar-refractivity contribution in [2.24, 2.45) is 10.2 Å². The van der Waals surface area contributed by atoms with Gasteiger partial charge in [0, 0.05) is 12.1 Å². The van der Waals surface area contributed by atoms with Gasteiger partial charge in [0.25, 0.3) is 0 Å². The maximum atomic E-state index is 14.0. The standard InChI is InChI=1S/C19H22F2N2O/c1-3-4-5-6-11-24-19-17(20)12-16(13-18(19)21)23-22-15-9-7-14(2)8-10-15/h7-10,12-13H,3-6,11H2,1-2H3/b23-22+. The van der Waals surface area contributed by atoms with Crippen molar-refractivity contribution in [3.63, 3.8) is 0 Å². The molecule has 24 heavy (non-hydrogen) atoms. The highest BCUT2D eigenvalue weighted by molar-refractivity contribution is 5.44. The maximum absolute atomic E-state index is 14.0. The van der Waals surface area contributed by atoms with Crippen molar-refractivity contribution in [1.29, 1.82) is 0 Å². The van der Waals surface area contributed by atoms with Crippen LogP contribution in [0.5, 0.6) is 5.75 Å². The lowest BCUT2D eigenvalue weighted by Gasteiger charge is -2.08. The Labute approximate surface area is 141 Å². The van der Waals surface area contributed by atoms with Crippen molar-refractivity contribution in [2.75, 3.05) is 6.61 Å². The number of unbranched alkanes of at least 4 members (excludes halogenated alkanes) is 3. The zero-order valence-electron chi connectivity index (χ0n) is 14.1. The molecule has 0 saturated carbocycles. The first-order chi connectivity index (χ1) is 11.6. The first-order valence-corrected chi connectivity index (χ1v) is 8.20. The van der Waals surface area contributed by atoms with Crippen LogP contribution in [0.4, 0.5) is 20.2 Å². The van der Waals surface area contributed by atoms with E-state index in [4.69, 9.17) is 4.74 Å². The van der Waals surface area contributed by atoms with Gasteiger partial charge in [-0.25, -0.2) is 8.78 Å². The van der Waals surface area contributed by atoms with Crippen LogP contribution in [0.2, 0.25) is 0 Å². The quantitative estimate of drug-likeness (QED) is 0.393. The van der Waals surface area contributed by atoms with Crippen molar-refractivity contribution in [3.8, 4) is 5.75 Å². The first kappa shape index (κ1) is 18.0. The monoisotopic (exact) mass is 332 g/mol. The minimum Gasteiger partial charge on any atom is -0.488 e. The van der Waals surface area contributed by atoms with Gasteiger partial charge in [-0.15, -0.1) is 0 Å². The molecule has 0 bridgehead atoms. The van der Waals surface area contributed by atoms with Crippen molar-refractivity contribution >= 4 is 11.4 Å². The molecule has 128 valence electrons. The number of hydrogen-bond acceptors (Lipinski definition) is 3. The summed E-state index contributed by atoms with van der Waals surface area (Å²) in [7, 11) is 0. The summed E-state index contributed by atoms with van der Waals surface area (Å²) < 4.78 is 33.2. The fourth-order valence-electron chi connectivity index (χ4n) is 2.17. The fourth-order valence-corrected chi connectivity index (χ4v) is 2.17. The minimum atomic E-state index is -0.761. The van der Waals surface area contributed by atoms with E-state index in [9.17, 15) is 8.78 Å². The molecular weight excluding hydrogens is 310 g/mol. The molecule has 5 heteroatoms. The van der Waals surface area contributed by atoms with Crippen LogP contribution in [0, 0.1) is 18.6 Å². The predicted octanol–water partition coefficient (Wildman–Crippen LogP) is 6.65. The second kappa shape index (κ2) is 9.11. The molecule has 0 atom stereocenters. The highest BCUT2D eigenvalue weighted by Gasteiger charge is 2.12. The van der Waals surface area contributed by atoms with E-state index in [0.717, 1.165) is 43.4 Å². The van der Waals surface area contributed by atoms with Gasteiger partial charge in [-0.3, -0.25) is 0 Å². The Kier molecular flexibility index (Phi) is 6.85. The van der Waals surface area contributed by atoms with Crippen molar-refractivity contribution in [3.05, 3.63) is 53.6 Å². The Hall–Kier alpha value is -2.30. The van der Waals surface area contributed by atoms with Crippen LogP contribution >= 0.6 is 0 Å². The summed E-state index contributed by atoms with van der Waals surface area (Å²) in [6.45, 7) is 4.37. The lowest BCUT2D eigenvalue weighted by molar-refractivity contribution is 0.275. The molecule has 0 unspecified atom stereocenters. The molecule has 0 aliphatic rings. The van der Waals surface area contributed by atoms with Crippen LogP contribution < -0.4 is 4.74 Å². The maximum Gasteiger partial charge on any atom is 0.190 e. The van der Waals surface area contributed by atoms with Crippen LogP contribution in [0.1, 0.15) is 38.2 Å². The molecule has 0 spiro atoms. The number of ether oxygens (including phenoxy) is 1. The van der Waals surface area contributed by atoms with E-state index in [1.807, 2.05) is 19.1 Å². The Balaban J connectivity index is 2.01. The molecular formula is C19H22F2N2O. The minimum absolute atomic E-state index is 0.115. The van der Waals surface area contributed by atoms with Gasteiger partial charge >= 0.3 is 0 Å². The molecule has 0 saturated heterocycles. The average Bonchev–Trinajstić information content (AvgIpc) is 2.56. The summed E-state index contributed by atoms with van der Waals surface area (Å²) in [5.74, 6) is -1.87. The summed E-state index contributed by atoms with van der Waals surface area (Å²) in [5.41, 5.74) is 1.84. The van der Waals surface area contributed by atoms with E-state index < -0.39 is 11.6 Å². The second-order valence-electron chi connectivity index (χ2n) is 5.68. The lowest BCUT2D eigenvalue weighted by Crippen LogP contribution is -2.01. The molecule has 0 aromatic heterocycles. The zero-order chi connectivity index (χ0) is 17.4. The summed E-state index contributed by atoms with van der Waals surface area (Å²) >= 11 is 0.